The van der Waals surface area contributed by atoms with E-state index in [1.807, 2.05) is 0 Å². The van der Waals surface area contributed by atoms with Crippen LogP contribution in [0.2, 0.25) is 0 Å². The number of carbonyl (C=O) groups is 1. The smallest absolute Gasteiger partial charge is 0.214 e. The number of aryl methyl sites for hydroxylation is 1. The monoisotopic (exact) mass is 311 g/mol. The van der Waals surface area contributed by atoms with Gasteiger partial charge in [-0.3, -0.25) is 9.78 Å². The second kappa shape index (κ2) is 4.94. The summed E-state index contributed by atoms with van der Waals surface area (Å²) in [6.07, 6.45) is 1.43. The molecule has 0 aliphatic heterocycles. The molecule has 0 aliphatic rings. The highest BCUT2D eigenvalue weighted by Crippen LogP contribution is 2.19. The Kier molecular flexibility index (Phi) is 3.52. The summed E-state index contributed by atoms with van der Waals surface area (Å²) in [7, 11) is 0. The molecule has 1 aromatic carbocycles. The van der Waals surface area contributed by atoms with Crippen LogP contribution in [0, 0.1) is 18.6 Å². The molecule has 0 amide bonds. The molecule has 2 rings (SSSR count). The number of benzene rings is 1. The van der Waals surface area contributed by atoms with E-state index in [1.54, 1.807) is 6.07 Å². The molecule has 0 N–H and O–H groups in total. The van der Waals surface area contributed by atoms with Crippen molar-refractivity contribution in [3.63, 3.8) is 0 Å². The van der Waals surface area contributed by atoms with Gasteiger partial charge in [-0.05, 0) is 46.6 Å². The molecule has 92 valence electrons. The molecular weight excluding hydrogens is 304 g/mol. The summed E-state index contributed by atoms with van der Waals surface area (Å²) in [5.74, 6) is -2.78. The highest BCUT2D eigenvalue weighted by molar-refractivity contribution is 9.10. The minimum atomic E-state index is -1.13. The molecule has 2 nitrogen and oxygen atoms in total. The third-order valence-corrected chi connectivity index (χ3v) is 2.95. The fourth-order valence-electron chi connectivity index (χ4n) is 1.47. The fourth-order valence-corrected chi connectivity index (χ4v) is 1.70. The Hall–Kier alpha value is -1.62. The molecule has 0 aliphatic carbocycles. The van der Waals surface area contributed by atoms with E-state index in [0.717, 1.165) is 0 Å². The largest absolute Gasteiger partial charge is 0.287 e. The van der Waals surface area contributed by atoms with E-state index in [0.29, 0.717) is 4.47 Å². The third kappa shape index (κ3) is 2.31. The lowest BCUT2D eigenvalue weighted by molar-refractivity contribution is 0.102. The van der Waals surface area contributed by atoms with Gasteiger partial charge in [-0.1, -0.05) is 6.07 Å². The van der Waals surface area contributed by atoms with Gasteiger partial charge in [0, 0.05) is 10.7 Å². The van der Waals surface area contributed by atoms with E-state index < -0.39 is 17.4 Å². The number of hydrogen-bond acceptors (Lipinski definition) is 2. The molecular formula is C13H8BrF2NO. The van der Waals surface area contributed by atoms with Crippen molar-refractivity contribution in [3.8, 4) is 0 Å². The molecule has 0 unspecified atom stereocenters. The maximum atomic E-state index is 13.6. The Morgan fingerprint density at radius 2 is 1.89 bits per heavy atom. The van der Waals surface area contributed by atoms with Crippen molar-refractivity contribution in [3.05, 3.63) is 63.4 Å². The van der Waals surface area contributed by atoms with Crippen molar-refractivity contribution >= 4 is 21.7 Å². The Balaban J connectivity index is 2.46. The van der Waals surface area contributed by atoms with Crippen LogP contribution in [0.1, 0.15) is 21.6 Å². The van der Waals surface area contributed by atoms with E-state index >= 15 is 0 Å². The van der Waals surface area contributed by atoms with E-state index in [2.05, 4.69) is 20.9 Å². The van der Waals surface area contributed by atoms with Crippen LogP contribution >= 0.6 is 15.9 Å². The van der Waals surface area contributed by atoms with Crippen molar-refractivity contribution in [2.45, 2.75) is 6.92 Å². The van der Waals surface area contributed by atoms with Crippen molar-refractivity contribution in [2.24, 2.45) is 0 Å². The van der Waals surface area contributed by atoms with Crippen LogP contribution in [0.15, 0.2) is 34.9 Å². The Bertz CT molecular complexity index is 611. The summed E-state index contributed by atoms with van der Waals surface area (Å²) in [6.45, 7) is 1.44. The van der Waals surface area contributed by atoms with Crippen LogP contribution in [0.5, 0.6) is 0 Å². The molecule has 2 aromatic rings. The van der Waals surface area contributed by atoms with Gasteiger partial charge in [-0.25, -0.2) is 8.78 Å². The first-order valence-corrected chi connectivity index (χ1v) is 5.91. The lowest BCUT2D eigenvalue weighted by Crippen LogP contribution is -2.08. The van der Waals surface area contributed by atoms with Gasteiger partial charge < -0.3 is 0 Å². The molecule has 1 heterocycles. The first-order chi connectivity index (χ1) is 8.50. The van der Waals surface area contributed by atoms with Crippen molar-refractivity contribution < 1.29 is 13.6 Å². The summed E-state index contributed by atoms with van der Waals surface area (Å²) in [5.41, 5.74) is -0.0823. The minimum Gasteiger partial charge on any atom is -0.287 e. The summed E-state index contributed by atoms with van der Waals surface area (Å²) in [5, 5.41) is 0. The van der Waals surface area contributed by atoms with Crippen molar-refractivity contribution in [2.75, 3.05) is 0 Å². The van der Waals surface area contributed by atoms with Crippen LogP contribution in [0.3, 0.4) is 0 Å². The molecule has 0 bridgehead atoms. The average Bonchev–Trinajstić information content (AvgIpc) is 2.36. The standard InChI is InChI=1S/C13H8BrF2NO/c1-7-2-4-9(12(16)11(7)15)13(18)10-5-3-8(14)6-17-10/h2-6H,1H3. The van der Waals surface area contributed by atoms with Gasteiger partial charge in [-0.2, -0.15) is 0 Å². The first-order valence-electron chi connectivity index (χ1n) is 5.11. The summed E-state index contributed by atoms with van der Waals surface area (Å²) < 4.78 is 27.7. The zero-order valence-electron chi connectivity index (χ0n) is 9.38. The molecule has 0 saturated heterocycles. The number of hydrogen-bond donors (Lipinski definition) is 0. The maximum absolute atomic E-state index is 13.6. The van der Waals surface area contributed by atoms with Crippen LogP contribution in [-0.4, -0.2) is 10.8 Å². The highest BCUT2D eigenvalue weighted by atomic mass is 79.9. The zero-order chi connectivity index (χ0) is 13.3. The molecule has 5 heteroatoms. The maximum Gasteiger partial charge on any atom is 0.214 e. The van der Waals surface area contributed by atoms with Gasteiger partial charge in [0.15, 0.2) is 11.6 Å². The molecule has 0 fully saturated rings. The van der Waals surface area contributed by atoms with Crippen molar-refractivity contribution in [1.82, 2.24) is 4.98 Å². The molecule has 0 spiro atoms. The van der Waals surface area contributed by atoms with Crippen molar-refractivity contribution in [1.29, 1.82) is 0 Å². The van der Waals surface area contributed by atoms with Gasteiger partial charge in [-0.15, -0.1) is 0 Å². The van der Waals surface area contributed by atoms with Crippen LogP contribution in [0.25, 0.3) is 0 Å². The number of aromatic nitrogens is 1. The molecule has 0 atom stereocenters. The second-order valence-electron chi connectivity index (χ2n) is 3.75. The third-order valence-electron chi connectivity index (χ3n) is 2.48. The average molecular weight is 312 g/mol. The quantitative estimate of drug-likeness (QED) is 0.792. The lowest BCUT2D eigenvalue weighted by Gasteiger charge is -2.05. The number of carbonyl (C=O) groups excluding carboxylic acids is 1. The predicted molar refractivity (Wildman–Crippen MR) is 66.5 cm³/mol. The molecule has 18 heavy (non-hydrogen) atoms. The number of halogens is 3. The Labute approximate surface area is 111 Å². The summed E-state index contributed by atoms with van der Waals surface area (Å²) in [6, 6.07) is 5.69. The van der Waals surface area contributed by atoms with Crippen LogP contribution < -0.4 is 0 Å². The van der Waals surface area contributed by atoms with Gasteiger partial charge in [0.2, 0.25) is 5.78 Å². The van der Waals surface area contributed by atoms with E-state index in [4.69, 9.17) is 0 Å². The van der Waals surface area contributed by atoms with Gasteiger partial charge in [0.1, 0.15) is 5.69 Å². The van der Waals surface area contributed by atoms with E-state index in [1.165, 1.54) is 31.3 Å². The normalized spacial score (nSPS) is 10.4. The zero-order valence-corrected chi connectivity index (χ0v) is 11.0. The predicted octanol–water partition coefficient (Wildman–Crippen LogP) is 3.66. The van der Waals surface area contributed by atoms with Crippen LogP contribution in [0.4, 0.5) is 8.78 Å². The minimum absolute atomic E-state index is 0.0698. The Morgan fingerprint density at radius 3 is 2.50 bits per heavy atom. The first kappa shape index (κ1) is 12.8. The van der Waals surface area contributed by atoms with Crippen LogP contribution in [-0.2, 0) is 0 Å². The van der Waals surface area contributed by atoms with E-state index in [9.17, 15) is 13.6 Å². The lowest BCUT2D eigenvalue weighted by atomic mass is 10.0. The molecule has 1 aromatic heterocycles. The number of ketones is 1. The number of rotatable bonds is 2. The Morgan fingerprint density at radius 1 is 1.17 bits per heavy atom. The SMILES string of the molecule is Cc1ccc(C(=O)c2ccc(Br)cn2)c(F)c1F. The number of pyridine rings is 1. The molecule has 0 saturated carbocycles. The highest BCUT2D eigenvalue weighted by Gasteiger charge is 2.19. The number of nitrogens with zero attached hydrogens (tertiary/aromatic N) is 1. The second-order valence-corrected chi connectivity index (χ2v) is 4.66. The van der Waals surface area contributed by atoms with E-state index in [-0.39, 0.29) is 16.8 Å². The fraction of sp³-hybridized carbons (Fsp3) is 0.0769. The molecule has 0 radical (unpaired) electrons. The van der Waals surface area contributed by atoms with Gasteiger partial charge in [0.05, 0.1) is 5.56 Å². The van der Waals surface area contributed by atoms with Gasteiger partial charge in [0.25, 0.3) is 0 Å². The van der Waals surface area contributed by atoms with Gasteiger partial charge >= 0.3 is 0 Å². The summed E-state index contributed by atoms with van der Waals surface area (Å²) in [4.78, 5) is 15.8. The summed E-state index contributed by atoms with van der Waals surface area (Å²) >= 11 is 3.18. The topological polar surface area (TPSA) is 30.0 Å².